The van der Waals surface area contributed by atoms with Crippen LogP contribution in [-0.4, -0.2) is 53.5 Å². The molecule has 3 rings (SSSR count). The van der Waals surface area contributed by atoms with Crippen molar-refractivity contribution in [3.63, 3.8) is 0 Å². The van der Waals surface area contributed by atoms with E-state index in [4.69, 9.17) is 9.84 Å². The average molecular weight is 500 g/mol. The van der Waals surface area contributed by atoms with E-state index in [1.165, 1.54) is 22.9 Å². The largest absolute Gasteiger partial charge is 0.482 e. The summed E-state index contributed by atoms with van der Waals surface area (Å²) in [5.41, 5.74) is 3.01. The SMILES string of the molecule is C=C/C=C(\C=C/Cc1ncc(C(C)N2CCc3ccc(OCC(=O)O)cc3CC2)s1)C(C)(F)NC. The van der Waals surface area contributed by atoms with Gasteiger partial charge in [-0.25, -0.2) is 14.2 Å². The molecule has 188 valence electrons. The molecule has 0 fully saturated rings. The van der Waals surface area contributed by atoms with Gasteiger partial charge in [-0.05, 0) is 57.0 Å². The maximum atomic E-state index is 14.6. The molecule has 0 aliphatic carbocycles. The zero-order valence-corrected chi connectivity index (χ0v) is 21.4. The first-order valence-electron chi connectivity index (χ1n) is 11.8. The number of hydrogen-bond acceptors (Lipinski definition) is 6. The van der Waals surface area contributed by atoms with Crippen molar-refractivity contribution in [1.29, 1.82) is 0 Å². The van der Waals surface area contributed by atoms with Crippen molar-refractivity contribution in [2.45, 2.75) is 44.9 Å². The minimum atomic E-state index is -1.62. The first-order valence-corrected chi connectivity index (χ1v) is 12.6. The summed E-state index contributed by atoms with van der Waals surface area (Å²) in [5, 5.41) is 12.5. The van der Waals surface area contributed by atoms with Crippen LogP contribution in [0.15, 0.2) is 60.9 Å². The second-order valence-corrected chi connectivity index (χ2v) is 9.85. The molecule has 0 amide bonds. The summed E-state index contributed by atoms with van der Waals surface area (Å²) in [5.74, 6) is -2.01. The van der Waals surface area contributed by atoms with Crippen molar-refractivity contribution in [2.24, 2.45) is 0 Å². The predicted octanol–water partition coefficient (Wildman–Crippen LogP) is 4.88. The molecule has 2 atom stereocenters. The molecular formula is C27H34FN3O3S. The Morgan fingerprint density at radius 2 is 2.14 bits per heavy atom. The number of ether oxygens (including phenoxy) is 1. The van der Waals surface area contributed by atoms with E-state index in [2.05, 4.69) is 28.7 Å². The lowest BCUT2D eigenvalue weighted by Crippen LogP contribution is -2.36. The molecule has 1 aromatic carbocycles. The van der Waals surface area contributed by atoms with Crippen molar-refractivity contribution in [3.05, 3.63) is 81.9 Å². The molecule has 6 nitrogen and oxygen atoms in total. The quantitative estimate of drug-likeness (QED) is 0.339. The van der Waals surface area contributed by atoms with Gasteiger partial charge in [-0.3, -0.25) is 10.2 Å². The lowest BCUT2D eigenvalue weighted by Gasteiger charge is -2.26. The number of nitrogens with zero attached hydrogens (tertiary/aromatic N) is 2. The van der Waals surface area contributed by atoms with Crippen LogP contribution in [0.4, 0.5) is 4.39 Å². The number of carbonyl (C=O) groups is 1. The average Bonchev–Trinajstić information content (AvgIpc) is 3.21. The van der Waals surface area contributed by atoms with E-state index in [9.17, 15) is 9.18 Å². The maximum Gasteiger partial charge on any atom is 0.341 e. The second kappa shape index (κ2) is 12.2. The molecule has 1 aliphatic rings. The van der Waals surface area contributed by atoms with Gasteiger partial charge in [-0.15, -0.1) is 11.3 Å². The number of alkyl halides is 1. The Bertz CT molecular complexity index is 1090. The van der Waals surface area contributed by atoms with Gasteiger partial charge < -0.3 is 9.84 Å². The van der Waals surface area contributed by atoms with Gasteiger partial charge in [-0.1, -0.05) is 36.9 Å². The number of aromatic nitrogens is 1. The monoisotopic (exact) mass is 499 g/mol. The Kier molecular flexibility index (Phi) is 9.37. The van der Waals surface area contributed by atoms with Gasteiger partial charge >= 0.3 is 5.97 Å². The highest BCUT2D eigenvalue weighted by Gasteiger charge is 2.24. The van der Waals surface area contributed by atoms with Gasteiger partial charge in [0.15, 0.2) is 12.4 Å². The zero-order valence-electron chi connectivity index (χ0n) is 20.6. The highest BCUT2D eigenvalue weighted by molar-refractivity contribution is 7.11. The normalized spacial score (nSPS) is 17.4. The smallest absolute Gasteiger partial charge is 0.341 e. The van der Waals surface area contributed by atoms with E-state index in [1.54, 1.807) is 36.6 Å². The van der Waals surface area contributed by atoms with Crippen molar-refractivity contribution >= 4 is 17.3 Å². The van der Waals surface area contributed by atoms with Gasteiger partial charge in [0.2, 0.25) is 0 Å². The summed E-state index contributed by atoms with van der Waals surface area (Å²) in [6.45, 7) is 8.87. The van der Waals surface area contributed by atoms with E-state index < -0.39 is 11.8 Å². The van der Waals surface area contributed by atoms with Crippen LogP contribution in [0.25, 0.3) is 0 Å². The molecular weight excluding hydrogens is 465 g/mol. The number of allylic oxidation sites excluding steroid dienone is 3. The minimum absolute atomic E-state index is 0.233. The predicted molar refractivity (Wildman–Crippen MR) is 139 cm³/mol. The number of carboxylic acids is 1. The van der Waals surface area contributed by atoms with Crippen LogP contribution in [-0.2, 0) is 24.1 Å². The molecule has 0 spiro atoms. The highest BCUT2D eigenvalue weighted by atomic mass is 32.1. The number of hydrogen-bond donors (Lipinski definition) is 2. The number of thiazole rings is 1. The molecule has 8 heteroatoms. The summed E-state index contributed by atoms with van der Waals surface area (Å²) in [6.07, 6.45) is 11.4. The van der Waals surface area contributed by atoms with E-state index in [0.29, 0.717) is 17.7 Å². The standard InChI is InChI=1S/C27H34FN3O3S/c1-5-7-22(27(3,28)29-4)8-6-9-25-30-17-24(35-25)19(2)31-14-12-20-10-11-23(34-18-26(32)33)16-21(20)13-15-31/h5-8,10-11,16-17,19,29H,1,9,12-15,18H2,2-4H3,(H,32,33)/b8-6-,22-7+. The van der Waals surface area contributed by atoms with Crippen LogP contribution in [0, 0.1) is 0 Å². The highest BCUT2D eigenvalue weighted by Crippen LogP contribution is 2.30. The molecule has 1 aliphatic heterocycles. The zero-order chi connectivity index (χ0) is 25.4. The lowest BCUT2D eigenvalue weighted by molar-refractivity contribution is -0.139. The van der Waals surface area contributed by atoms with Gasteiger partial charge in [0.05, 0.1) is 5.01 Å². The fourth-order valence-corrected chi connectivity index (χ4v) is 5.04. The number of aliphatic carboxylic acids is 1. The number of carboxylic acid groups (broad SMARTS) is 1. The number of nitrogens with one attached hydrogen (secondary N) is 1. The van der Waals surface area contributed by atoms with Crippen LogP contribution < -0.4 is 10.1 Å². The summed E-state index contributed by atoms with van der Waals surface area (Å²) in [7, 11) is 1.59. The number of halogens is 1. The molecule has 2 heterocycles. The molecule has 35 heavy (non-hydrogen) atoms. The lowest BCUT2D eigenvalue weighted by atomic mass is 10.0. The molecule has 1 aromatic heterocycles. The molecule has 2 aromatic rings. The van der Waals surface area contributed by atoms with Gasteiger partial charge in [0.25, 0.3) is 0 Å². The number of benzene rings is 1. The molecule has 0 radical (unpaired) electrons. The van der Waals surface area contributed by atoms with Gasteiger partial charge in [0, 0.05) is 42.2 Å². The summed E-state index contributed by atoms with van der Waals surface area (Å²) in [4.78, 5) is 19.0. The first kappa shape index (κ1) is 26.8. The number of rotatable bonds is 11. The third-order valence-corrected chi connectivity index (χ3v) is 7.50. The Morgan fingerprint density at radius 3 is 2.83 bits per heavy atom. The third-order valence-electron chi connectivity index (χ3n) is 6.31. The molecule has 0 saturated heterocycles. The van der Waals surface area contributed by atoms with Crippen LogP contribution in [0.5, 0.6) is 5.75 Å². The molecule has 0 saturated carbocycles. The van der Waals surface area contributed by atoms with Gasteiger partial charge in [-0.2, -0.15) is 0 Å². The third kappa shape index (κ3) is 7.34. The Labute approximate surface area is 210 Å². The molecule has 2 N–H and O–H groups in total. The van der Waals surface area contributed by atoms with Crippen molar-refractivity contribution in [1.82, 2.24) is 15.2 Å². The van der Waals surface area contributed by atoms with Crippen molar-refractivity contribution < 1.29 is 19.0 Å². The van der Waals surface area contributed by atoms with Crippen LogP contribution in [0.3, 0.4) is 0 Å². The van der Waals surface area contributed by atoms with Gasteiger partial charge in [0.1, 0.15) is 5.75 Å². The van der Waals surface area contributed by atoms with E-state index in [1.807, 2.05) is 30.5 Å². The van der Waals surface area contributed by atoms with Crippen LogP contribution in [0.1, 0.15) is 40.9 Å². The summed E-state index contributed by atoms with van der Waals surface area (Å²) in [6, 6.07) is 6.09. The summed E-state index contributed by atoms with van der Waals surface area (Å²) < 4.78 is 20.0. The van der Waals surface area contributed by atoms with E-state index in [0.717, 1.165) is 30.9 Å². The first-order chi connectivity index (χ1) is 16.7. The Hall–Kier alpha value is -2.81. The van der Waals surface area contributed by atoms with Crippen molar-refractivity contribution in [2.75, 3.05) is 26.7 Å². The van der Waals surface area contributed by atoms with Crippen molar-refractivity contribution in [3.8, 4) is 5.75 Å². The molecule has 2 unspecified atom stereocenters. The fraction of sp³-hybridized carbons (Fsp3) is 0.407. The minimum Gasteiger partial charge on any atom is -0.482 e. The number of likely N-dealkylation sites (N-methyl/N-ethyl adjacent to an activating group) is 1. The Balaban J connectivity index is 1.61. The Morgan fingerprint density at radius 1 is 1.40 bits per heavy atom. The van der Waals surface area contributed by atoms with Crippen LogP contribution in [0.2, 0.25) is 0 Å². The molecule has 0 bridgehead atoms. The van der Waals surface area contributed by atoms with E-state index in [-0.39, 0.29) is 12.6 Å². The maximum absolute atomic E-state index is 14.6. The number of fused-ring (bicyclic) bond motifs is 1. The second-order valence-electron chi connectivity index (χ2n) is 8.70. The topological polar surface area (TPSA) is 74.7 Å². The fourth-order valence-electron chi connectivity index (χ4n) is 4.06. The van der Waals surface area contributed by atoms with E-state index >= 15 is 0 Å². The summed E-state index contributed by atoms with van der Waals surface area (Å²) >= 11 is 1.69. The van der Waals surface area contributed by atoms with Crippen LogP contribution >= 0.6 is 11.3 Å².